The molecule has 1 heterocycles. The average molecular weight is 248 g/mol. The molecule has 0 spiro atoms. The molecule has 1 saturated heterocycles. The maximum atomic E-state index is 11.4. The summed E-state index contributed by atoms with van der Waals surface area (Å²) in [6, 6.07) is 7.21. The summed E-state index contributed by atoms with van der Waals surface area (Å²) in [7, 11) is 0. The molecule has 0 aromatic heterocycles. The Morgan fingerprint density at radius 1 is 1.28 bits per heavy atom. The van der Waals surface area contributed by atoms with Crippen molar-refractivity contribution >= 4 is 5.91 Å². The molecule has 98 valence electrons. The number of hydrogen-bond donors (Lipinski definition) is 2. The summed E-state index contributed by atoms with van der Waals surface area (Å²) < 4.78 is 0. The fraction of sp³-hybridized carbons (Fsp3) is 0.500. The normalized spacial score (nSPS) is 15.3. The van der Waals surface area contributed by atoms with Crippen molar-refractivity contribution in [2.45, 2.75) is 25.8 Å². The van der Waals surface area contributed by atoms with Crippen LogP contribution in [0.2, 0.25) is 0 Å². The van der Waals surface area contributed by atoms with E-state index in [1.807, 2.05) is 17.0 Å². The van der Waals surface area contributed by atoms with E-state index in [2.05, 4.69) is 5.32 Å². The second kappa shape index (κ2) is 6.40. The molecule has 0 atom stereocenters. The van der Waals surface area contributed by atoms with E-state index in [-0.39, 0.29) is 0 Å². The van der Waals surface area contributed by atoms with E-state index in [0.29, 0.717) is 11.7 Å². The highest BCUT2D eigenvalue weighted by Crippen LogP contribution is 2.10. The van der Waals surface area contributed by atoms with E-state index in [0.717, 1.165) is 51.0 Å². The number of phenols is 1. The number of nitrogens with one attached hydrogen (secondary N) is 1. The Morgan fingerprint density at radius 3 is 2.72 bits per heavy atom. The number of phenolic OH excluding ortho intramolecular Hbond substituents is 1. The van der Waals surface area contributed by atoms with Crippen LogP contribution in [-0.2, 0) is 11.3 Å². The van der Waals surface area contributed by atoms with Crippen LogP contribution in [0.4, 0.5) is 0 Å². The Morgan fingerprint density at radius 2 is 2.06 bits per heavy atom. The maximum absolute atomic E-state index is 11.4. The quantitative estimate of drug-likeness (QED) is 0.750. The molecular weight excluding hydrogens is 228 g/mol. The molecule has 0 bridgehead atoms. The van der Waals surface area contributed by atoms with Crippen molar-refractivity contribution in [1.82, 2.24) is 10.2 Å². The highest BCUT2D eigenvalue weighted by molar-refractivity contribution is 5.77. The largest absolute Gasteiger partial charge is 0.508 e. The predicted octanol–water partition coefficient (Wildman–Crippen LogP) is 1.49. The monoisotopic (exact) mass is 248 g/mol. The molecule has 1 aliphatic rings. The number of likely N-dealkylation sites (tertiary alicyclic amines) is 1. The van der Waals surface area contributed by atoms with E-state index in [9.17, 15) is 4.79 Å². The fourth-order valence-corrected chi connectivity index (χ4v) is 2.18. The molecular formula is C14H20N2O2. The van der Waals surface area contributed by atoms with Gasteiger partial charge in [-0.15, -0.1) is 0 Å². The molecule has 0 aliphatic carbocycles. The molecule has 18 heavy (non-hydrogen) atoms. The van der Waals surface area contributed by atoms with Crippen molar-refractivity contribution in [3.05, 3.63) is 29.8 Å². The van der Waals surface area contributed by atoms with Crippen LogP contribution in [0, 0.1) is 0 Å². The topological polar surface area (TPSA) is 52.6 Å². The van der Waals surface area contributed by atoms with Crippen LogP contribution in [0.1, 0.15) is 24.8 Å². The maximum Gasteiger partial charge on any atom is 0.222 e. The van der Waals surface area contributed by atoms with E-state index in [4.69, 9.17) is 5.11 Å². The van der Waals surface area contributed by atoms with Gasteiger partial charge >= 0.3 is 0 Å². The molecule has 0 unspecified atom stereocenters. The highest BCUT2D eigenvalue weighted by Gasteiger charge is 2.18. The summed E-state index contributed by atoms with van der Waals surface area (Å²) >= 11 is 0. The lowest BCUT2D eigenvalue weighted by Gasteiger charge is -2.15. The van der Waals surface area contributed by atoms with Gasteiger partial charge in [0.2, 0.25) is 5.91 Å². The summed E-state index contributed by atoms with van der Waals surface area (Å²) in [5.74, 6) is 0.597. The summed E-state index contributed by atoms with van der Waals surface area (Å²) in [5.41, 5.74) is 1.16. The van der Waals surface area contributed by atoms with Gasteiger partial charge in [0.1, 0.15) is 5.75 Å². The Hall–Kier alpha value is -1.55. The number of nitrogens with zero attached hydrogens (tertiary/aromatic N) is 1. The third-order valence-corrected chi connectivity index (χ3v) is 3.22. The second-order valence-corrected chi connectivity index (χ2v) is 4.68. The zero-order chi connectivity index (χ0) is 12.8. The number of carbonyl (C=O) groups is 1. The van der Waals surface area contributed by atoms with Crippen molar-refractivity contribution in [3.63, 3.8) is 0 Å². The summed E-state index contributed by atoms with van der Waals surface area (Å²) in [4.78, 5) is 13.3. The van der Waals surface area contributed by atoms with Gasteiger partial charge in [-0.25, -0.2) is 0 Å². The van der Waals surface area contributed by atoms with E-state index in [1.165, 1.54) is 0 Å². The minimum Gasteiger partial charge on any atom is -0.508 e. The number of aromatic hydroxyl groups is 1. The number of hydrogen-bond acceptors (Lipinski definition) is 3. The lowest BCUT2D eigenvalue weighted by Crippen LogP contribution is -2.28. The molecule has 1 fully saturated rings. The van der Waals surface area contributed by atoms with Gasteiger partial charge in [0.05, 0.1) is 0 Å². The zero-order valence-corrected chi connectivity index (χ0v) is 10.6. The first-order valence-electron chi connectivity index (χ1n) is 6.52. The van der Waals surface area contributed by atoms with Gasteiger partial charge in [0, 0.05) is 26.1 Å². The molecule has 2 rings (SSSR count). The number of amides is 1. The van der Waals surface area contributed by atoms with Gasteiger partial charge in [-0.1, -0.05) is 12.1 Å². The number of carbonyl (C=O) groups excluding carboxylic acids is 1. The first-order chi connectivity index (χ1) is 8.75. The van der Waals surface area contributed by atoms with Crippen LogP contribution < -0.4 is 5.32 Å². The van der Waals surface area contributed by atoms with Crippen LogP contribution in [0.25, 0.3) is 0 Å². The number of rotatable bonds is 6. The SMILES string of the molecule is O=C1CCCN1CCCNCc1ccc(O)cc1. The summed E-state index contributed by atoms with van der Waals surface area (Å²) in [5, 5.41) is 12.5. The van der Waals surface area contributed by atoms with Gasteiger partial charge in [-0.05, 0) is 37.1 Å². The van der Waals surface area contributed by atoms with Crippen LogP contribution in [0.5, 0.6) is 5.75 Å². The summed E-state index contributed by atoms with van der Waals surface area (Å²) in [6.07, 6.45) is 2.73. The average Bonchev–Trinajstić information content (AvgIpc) is 2.77. The zero-order valence-electron chi connectivity index (χ0n) is 10.6. The predicted molar refractivity (Wildman–Crippen MR) is 70.2 cm³/mol. The molecule has 1 aliphatic heterocycles. The lowest BCUT2D eigenvalue weighted by molar-refractivity contribution is -0.127. The van der Waals surface area contributed by atoms with E-state index < -0.39 is 0 Å². The van der Waals surface area contributed by atoms with Crippen LogP contribution in [0.3, 0.4) is 0 Å². The van der Waals surface area contributed by atoms with E-state index >= 15 is 0 Å². The van der Waals surface area contributed by atoms with Crippen molar-refractivity contribution < 1.29 is 9.90 Å². The second-order valence-electron chi connectivity index (χ2n) is 4.68. The molecule has 2 N–H and O–H groups in total. The van der Waals surface area contributed by atoms with Crippen LogP contribution in [0.15, 0.2) is 24.3 Å². The van der Waals surface area contributed by atoms with Gasteiger partial charge < -0.3 is 15.3 Å². The molecule has 1 aromatic carbocycles. The van der Waals surface area contributed by atoms with Crippen molar-refractivity contribution in [1.29, 1.82) is 0 Å². The fourth-order valence-electron chi connectivity index (χ4n) is 2.18. The van der Waals surface area contributed by atoms with Gasteiger partial charge in [0.25, 0.3) is 0 Å². The molecule has 1 amide bonds. The smallest absolute Gasteiger partial charge is 0.222 e. The highest BCUT2D eigenvalue weighted by atomic mass is 16.3. The minimum atomic E-state index is 0.297. The molecule has 4 heteroatoms. The van der Waals surface area contributed by atoms with Crippen LogP contribution >= 0.6 is 0 Å². The first kappa shape index (κ1) is 12.9. The van der Waals surface area contributed by atoms with Gasteiger partial charge in [-0.2, -0.15) is 0 Å². The molecule has 0 saturated carbocycles. The third-order valence-electron chi connectivity index (χ3n) is 3.22. The Labute approximate surface area is 108 Å². The molecule has 4 nitrogen and oxygen atoms in total. The van der Waals surface area contributed by atoms with Crippen LogP contribution in [-0.4, -0.2) is 35.5 Å². The minimum absolute atomic E-state index is 0.297. The molecule has 0 radical (unpaired) electrons. The van der Waals surface area contributed by atoms with Gasteiger partial charge in [-0.3, -0.25) is 4.79 Å². The Kier molecular flexibility index (Phi) is 4.59. The van der Waals surface area contributed by atoms with Crippen molar-refractivity contribution in [2.24, 2.45) is 0 Å². The lowest BCUT2D eigenvalue weighted by atomic mass is 10.2. The number of benzene rings is 1. The van der Waals surface area contributed by atoms with Crippen molar-refractivity contribution in [3.8, 4) is 5.75 Å². The van der Waals surface area contributed by atoms with Crippen molar-refractivity contribution in [2.75, 3.05) is 19.6 Å². The first-order valence-corrected chi connectivity index (χ1v) is 6.52. The standard InChI is InChI=1S/C14H20N2O2/c17-13-6-4-12(5-7-13)11-15-8-2-10-16-9-1-3-14(16)18/h4-7,15,17H,1-3,8-11H2. The third kappa shape index (κ3) is 3.74. The Balaban J connectivity index is 1.58. The van der Waals surface area contributed by atoms with E-state index in [1.54, 1.807) is 12.1 Å². The Bertz CT molecular complexity index is 389. The molecule has 1 aromatic rings. The summed E-state index contributed by atoms with van der Waals surface area (Å²) in [6.45, 7) is 3.50. The van der Waals surface area contributed by atoms with Gasteiger partial charge in [0.15, 0.2) is 0 Å².